The molecule has 3 heteroatoms. The Labute approximate surface area is 299 Å². The van der Waals surface area contributed by atoms with E-state index in [9.17, 15) is 0 Å². The van der Waals surface area contributed by atoms with E-state index in [1.807, 2.05) is 18.2 Å². The van der Waals surface area contributed by atoms with Crippen molar-refractivity contribution in [2.75, 3.05) is 10.6 Å². The molecule has 0 amide bonds. The summed E-state index contributed by atoms with van der Waals surface area (Å²) in [6.07, 6.45) is 6.57. The molecular weight excluding hydrogens is 619 g/mol. The van der Waals surface area contributed by atoms with Crippen molar-refractivity contribution in [3.8, 4) is 22.3 Å². The molecule has 1 aromatic heterocycles. The molecule has 0 aliphatic heterocycles. The Bertz CT molecular complexity index is 2410. The van der Waals surface area contributed by atoms with Crippen LogP contribution in [0.25, 0.3) is 55.8 Å². The highest BCUT2D eigenvalue weighted by Crippen LogP contribution is 2.33. The zero-order valence-corrected chi connectivity index (χ0v) is 28.6. The molecule has 51 heavy (non-hydrogen) atoms. The molecule has 0 saturated heterocycles. The molecule has 8 rings (SSSR count). The van der Waals surface area contributed by atoms with Gasteiger partial charge in [0.05, 0.1) is 22.4 Å². The lowest BCUT2D eigenvalue weighted by atomic mass is 9.99. The van der Waals surface area contributed by atoms with Gasteiger partial charge in [0.2, 0.25) is 0 Å². The van der Waals surface area contributed by atoms with Gasteiger partial charge >= 0.3 is 0 Å². The summed E-state index contributed by atoms with van der Waals surface area (Å²) in [6, 6.07) is 62.4. The summed E-state index contributed by atoms with van der Waals surface area (Å²) in [6.45, 7) is 2.82. The van der Waals surface area contributed by atoms with Gasteiger partial charge in [-0.1, -0.05) is 146 Å². The van der Waals surface area contributed by atoms with Crippen LogP contribution in [0, 0.1) is 0 Å². The minimum Gasteiger partial charge on any atom is -0.379 e. The number of nitrogens with one attached hydrogen (secondary N) is 2. The highest BCUT2D eigenvalue weighted by atomic mass is 15.0. The van der Waals surface area contributed by atoms with E-state index in [0.717, 1.165) is 34.9 Å². The first-order valence-electron chi connectivity index (χ1n) is 17.5. The van der Waals surface area contributed by atoms with Gasteiger partial charge in [-0.25, -0.2) is 0 Å². The van der Waals surface area contributed by atoms with E-state index in [-0.39, 0.29) is 0 Å². The highest BCUT2D eigenvalue weighted by Gasteiger charge is 2.12. The van der Waals surface area contributed by atoms with E-state index in [1.54, 1.807) is 0 Å². The lowest BCUT2D eigenvalue weighted by Gasteiger charge is -2.14. The maximum absolute atomic E-state index is 3.61. The molecule has 0 radical (unpaired) electrons. The summed E-state index contributed by atoms with van der Waals surface area (Å²) in [7, 11) is 0. The minimum atomic E-state index is 0.743. The van der Waals surface area contributed by atoms with Crippen LogP contribution in [0.15, 0.2) is 188 Å². The Hall–Kier alpha value is -6.58. The predicted octanol–water partition coefficient (Wildman–Crippen LogP) is 13.1. The van der Waals surface area contributed by atoms with Gasteiger partial charge in [0.15, 0.2) is 0 Å². The second-order valence-electron chi connectivity index (χ2n) is 12.7. The van der Waals surface area contributed by atoms with E-state index < -0.39 is 0 Å². The van der Waals surface area contributed by atoms with E-state index in [4.69, 9.17) is 0 Å². The van der Waals surface area contributed by atoms with Crippen LogP contribution in [-0.2, 0) is 6.54 Å². The van der Waals surface area contributed by atoms with E-state index in [1.165, 1.54) is 49.6 Å². The van der Waals surface area contributed by atoms with Gasteiger partial charge in [-0.2, -0.15) is 0 Å². The molecule has 7 aromatic carbocycles. The molecule has 0 spiro atoms. The zero-order chi connectivity index (χ0) is 34.4. The third kappa shape index (κ3) is 6.83. The minimum absolute atomic E-state index is 0.743. The number of hydrogen-bond donors (Lipinski definition) is 2. The largest absolute Gasteiger partial charge is 0.379 e. The Kier molecular flexibility index (Phi) is 9.00. The second-order valence-corrected chi connectivity index (χ2v) is 12.7. The number of fused-ring (bicyclic) bond motifs is 3. The second kappa shape index (κ2) is 14.5. The first kappa shape index (κ1) is 31.7. The number of hydrogen-bond acceptors (Lipinski definition) is 2. The molecule has 0 aliphatic rings. The van der Waals surface area contributed by atoms with E-state index in [0.29, 0.717) is 0 Å². The number of rotatable bonds is 10. The highest BCUT2D eigenvalue weighted by molar-refractivity contribution is 6.11. The van der Waals surface area contributed by atoms with Crippen molar-refractivity contribution in [2.24, 2.45) is 0 Å². The van der Waals surface area contributed by atoms with Gasteiger partial charge in [-0.05, 0) is 88.9 Å². The van der Waals surface area contributed by atoms with Gasteiger partial charge in [0.1, 0.15) is 0 Å². The zero-order valence-electron chi connectivity index (χ0n) is 28.6. The van der Waals surface area contributed by atoms with Crippen LogP contribution in [0.3, 0.4) is 0 Å². The number of para-hydroxylation sites is 5. The molecule has 8 aromatic rings. The summed E-state index contributed by atoms with van der Waals surface area (Å²) < 4.78 is 2.37. The van der Waals surface area contributed by atoms with Crippen LogP contribution in [-0.4, -0.2) is 4.57 Å². The van der Waals surface area contributed by atoms with Crippen molar-refractivity contribution in [3.63, 3.8) is 0 Å². The molecule has 0 fully saturated rings. The van der Waals surface area contributed by atoms with Crippen molar-refractivity contribution < 1.29 is 0 Å². The topological polar surface area (TPSA) is 29.0 Å². The lowest BCUT2D eigenvalue weighted by Crippen LogP contribution is -2.02. The average Bonchev–Trinajstić information content (AvgIpc) is 3.53. The van der Waals surface area contributed by atoms with Crippen LogP contribution in [0.1, 0.15) is 18.1 Å². The first-order valence-corrected chi connectivity index (χ1v) is 17.5. The average molecular weight is 658 g/mol. The molecule has 3 nitrogen and oxygen atoms in total. The van der Waals surface area contributed by atoms with Crippen molar-refractivity contribution in [3.05, 3.63) is 199 Å². The summed E-state index contributed by atoms with van der Waals surface area (Å²) in [5.41, 5.74) is 14.0. The Balaban J connectivity index is 0.959. The molecule has 1 heterocycles. The standard InChI is InChI=1S/C48H39N3/c1-2-12-42(51-47-19-10-6-15-43(47)44-16-7-11-20-48(44)51)33-35-21-25-37(26-22-35)39-29-31-40(32-30-39)38-27-23-36(24-28-38)34-49-45-17-8-9-18-46(45)50-41-13-4-3-5-14-41/h2-33,49-50H,34H2,1H3/b12-2-,42-33+. The molecule has 0 unspecified atom stereocenters. The number of anilines is 3. The van der Waals surface area contributed by atoms with Gasteiger partial charge in [-0.3, -0.25) is 0 Å². The monoisotopic (exact) mass is 657 g/mol. The number of allylic oxidation sites excluding steroid dienone is 3. The smallest absolute Gasteiger partial charge is 0.0620 e. The fraction of sp³-hybridized carbons (Fsp3) is 0.0417. The fourth-order valence-corrected chi connectivity index (χ4v) is 6.79. The Morgan fingerprint density at radius 2 is 1.00 bits per heavy atom. The van der Waals surface area contributed by atoms with Crippen LogP contribution in [0.4, 0.5) is 17.1 Å². The Morgan fingerprint density at radius 3 is 1.59 bits per heavy atom. The lowest BCUT2D eigenvalue weighted by molar-refractivity contribution is 1.15. The third-order valence-electron chi connectivity index (χ3n) is 9.37. The van der Waals surface area contributed by atoms with E-state index >= 15 is 0 Å². The maximum Gasteiger partial charge on any atom is 0.0620 e. The molecular formula is C48H39N3. The molecule has 246 valence electrons. The van der Waals surface area contributed by atoms with Gasteiger partial charge in [0.25, 0.3) is 0 Å². The van der Waals surface area contributed by atoms with Gasteiger partial charge in [0, 0.05) is 28.7 Å². The summed E-state index contributed by atoms with van der Waals surface area (Å²) >= 11 is 0. The van der Waals surface area contributed by atoms with Crippen molar-refractivity contribution in [1.82, 2.24) is 4.57 Å². The predicted molar refractivity (Wildman–Crippen MR) is 219 cm³/mol. The Morgan fingerprint density at radius 1 is 0.510 bits per heavy atom. The normalized spacial score (nSPS) is 11.7. The number of aromatic nitrogens is 1. The first-order chi connectivity index (χ1) is 25.2. The van der Waals surface area contributed by atoms with Crippen LogP contribution < -0.4 is 10.6 Å². The maximum atomic E-state index is 3.61. The fourth-order valence-electron chi connectivity index (χ4n) is 6.79. The molecule has 0 saturated carbocycles. The number of nitrogens with zero attached hydrogens (tertiary/aromatic N) is 1. The van der Waals surface area contributed by atoms with Gasteiger partial charge < -0.3 is 15.2 Å². The van der Waals surface area contributed by atoms with Crippen molar-refractivity contribution >= 4 is 50.6 Å². The SMILES string of the molecule is C/C=C\C(=C/c1ccc(-c2ccc(-c3ccc(CNc4ccccc4Nc4ccccc4)cc3)cc2)cc1)n1c2ccccc2c2ccccc21. The van der Waals surface area contributed by atoms with Crippen molar-refractivity contribution in [1.29, 1.82) is 0 Å². The van der Waals surface area contributed by atoms with Gasteiger partial charge in [-0.15, -0.1) is 0 Å². The molecule has 0 bridgehead atoms. The summed E-state index contributed by atoms with van der Waals surface area (Å²) in [5, 5.41) is 9.66. The van der Waals surface area contributed by atoms with Crippen LogP contribution in [0.5, 0.6) is 0 Å². The van der Waals surface area contributed by atoms with Crippen LogP contribution >= 0.6 is 0 Å². The molecule has 0 aliphatic carbocycles. The van der Waals surface area contributed by atoms with Crippen molar-refractivity contribution in [2.45, 2.75) is 13.5 Å². The summed E-state index contributed by atoms with van der Waals surface area (Å²) in [4.78, 5) is 0. The molecule has 2 N–H and O–H groups in total. The molecule has 0 atom stereocenters. The third-order valence-corrected chi connectivity index (χ3v) is 9.37. The summed E-state index contributed by atoms with van der Waals surface area (Å²) in [5.74, 6) is 0. The quantitative estimate of drug-likeness (QED) is 0.143. The number of benzene rings is 7. The van der Waals surface area contributed by atoms with Crippen LogP contribution in [0.2, 0.25) is 0 Å². The van der Waals surface area contributed by atoms with E-state index in [2.05, 4.69) is 198 Å².